The summed E-state index contributed by atoms with van der Waals surface area (Å²) in [6.45, 7) is 7.38. The summed E-state index contributed by atoms with van der Waals surface area (Å²) < 4.78 is 5.91. The van der Waals surface area contributed by atoms with Crippen LogP contribution in [0.2, 0.25) is 0 Å². The molecule has 0 aliphatic rings. The molecule has 0 aromatic rings. The Labute approximate surface area is 69.5 Å². The van der Waals surface area contributed by atoms with Gasteiger partial charge in [-0.15, -0.1) is 0 Å². The maximum Gasteiger partial charge on any atom is 0.222 e. The molecule has 0 rings (SSSR count). The van der Waals surface area contributed by atoms with Crippen molar-refractivity contribution in [1.82, 2.24) is 0 Å². The van der Waals surface area contributed by atoms with Gasteiger partial charge >= 0.3 is 0 Å². The quantitative estimate of drug-likeness (QED) is 0.272. The van der Waals surface area contributed by atoms with E-state index in [9.17, 15) is 0 Å². The molecule has 0 aliphatic carbocycles. The van der Waals surface area contributed by atoms with Gasteiger partial charge in [0.2, 0.25) is 6.73 Å². The van der Waals surface area contributed by atoms with E-state index >= 15 is 0 Å². The summed E-state index contributed by atoms with van der Waals surface area (Å²) in [5, 5.41) is 0. The van der Waals surface area contributed by atoms with Crippen LogP contribution >= 0.6 is 0 Å². The average Bonchev–Trinajstić information content (AvgIpc) is 1.84. The monoisotopic (exact) mass is 165 g/mol. The molecule has 0 bridgehead atoms. The molecule has 62 valence electrons. The summed E-state index contributed by atoms with van der Waals surface area (Å²) >= 11 is 0. The molecule has 0 saturated carbocycles. The number of quaternary nitrogens is 1. The number of halogens is 1. The van der Waals surface area contributed by atoms with Crippen LogP contribution in [0.15, 0.2) is 12.8 Å². The fourth-order valence-electron chi connectivity index (χ4n) is 0.346. The van der Waals surface area contributed by atoms with Crippen molar-refractivity contribution in [3.05, 3.63) is 12.8 Å². The summed E-state index contributed by atoms with van der Waals surface area (Å²) in [5.41, 5.74) is 0. The Morgan fingerprint density at radius 1 is 1.50 bits per heavy atom. The van der Waals surface area contributed by atoms with Crippen LogP contribution in [-0.2, 0) is 4.74 Å². The van der Waals surface area contributed by atoms with E-state index in [2.05, 4.69) is 27.6 Å². The highest BCUT2D eigenvalue weighted by Crippen LogP contribution is 1.94. The SMILES string of the molecule is C=COC[N+](C)(C)CC.[Cl-]. The Morgan fingerprint density at radius 2 is 2.00 bits per heavy atom. The first-order chi connectivity index (χ1) is 4.12. The Balaban J connectivity index is 0. The number of hydrogen-bond donors (Lipinski definition) is 0. The van der Waals surface area contributed by atoms with Crippen molar-refractivity contribution < 1.29 is 21.6 Å². The highest BCUT2D eigenvalue weighted by molar-refractivity contribution is 4.45. The van der Waals surface area contributed by atoms with Crippen LogP contribution in [0.4, 0.5) is 0 Å². The first-order valence-electron chi connectivity index (χ1n) is 3.17. The molecule has 0 heterocycles. The van der Waals surface area contributed by atoms with Gasteiger partial charge in [0.15, 0.2) is 0 Å². The lowest BCUT2D eigenvalue weighted by Crippen LogP contribution is -3.00. The van der Waals surface area contributed by atoms with Crippen LogP contribution in [0.5, 0.6) is 0 Å². The lowest BCUT2D eigenvalue weighted by atomic mass is 10.6. The molecule has 0 N–H and O–H groups in total. The molecular formula is C7H16ClNO. The second kappa shape index (κ2) is 5.57. The van der Waals surface area contributed by atoms with Crippen LogP contribution in [0.1, 0.15) is 6.92 Å². The molecule has 0 aliphatic heterocycles. The van der Waals surface area contributed by atoms with Gasteiger partial charge in [0.25, 0.3) is 0 Å². The van der Waals surface area contributed by atoms with E-state index in [0.29, 0.717) is 6.73 Å². The van der Waals surface area contributed by atoms with Gasteiger partial charge < -0.3 is 17.1 Å². The Morgan fingerprint density at radius 3 is 2.30 bits per heavy atom. The number of hydrogen-bond acceptors (Lipinski definition) is 1. The molecule has 0 fully saturated rings. The maximum absolute atomic E-state index is 5.03. The van der Waals surface area contributed by atoms with E-state index in [-0.39, 0.29) is 12.4 Å². The zero-order valence-corrected chi connectivity index (χ0v) is 7.69. The lowest BCUT2D eigenvalue weighted by molar-refractivity contribution is -0.906. The predicted octanol–water partition coefficient (Wildman–Crippen LogP) is -1.80. The molecule has 0 aromatic carbocycles. The van der Waals surface area contributed by atoms with Crippen LogP contribution in [0.25, 0.3) is 0 Å². The second-order valence-corrected chi connectivity index (χ2v) is 2.71. The van der Waals surface area contributed by atoms with Crippen LogP contribution in [0, 0.1) is 0 Å². The van der Waals surface area contributed by atoms with E-state index < -0.39 is 0 Å². The second-order valence-electron chi connectivity index (χ2n) is 2.71. The van der Waals surface area contributed by atoms with E-state index in [4.69, 9.17) is 4.74 Å². The number of ether oxygens (including phenoxy) is 1. The van der Waals surface area contributed by atoms with Crippen molar-refractivity contribution in [3.63, 3.8) is 0 Å². The predicted molar refractivity (Wildman–Crippen MR) is 38.8 cm³/mol. The van der Waals surface area contributed by atoms with Crippen molar-refractivity contribution >= 4 is 0 Å². The topological polar surface area (TPSA) is 9.23 Å². The third-order valence-corrected chi connectivity index (χ3v) is 1.40. The van der Waals surface area contributed by atoms with Crippen molar-refractivity contribution in [1.29, 1.82) is 0 Å². The van der Waals surface area contributed by atoms with Crippen molar-refractivity contribution in [2.75, 3.05) is 27.4 Å². The molecule has 0 radical (unpaired) electrons. The van der Waals surface area contributed by atoms with Gasteiger partial charge in [-0.05, 0) is 6.92 Å². The summed E-state index contributed by atoms with van der Waals surface area (Å²) in [7, 11) is 4.23. The summed E-state index contributed by atoms with van der Waals surface area (Å²) in [5.74, 6) is 0. The lowest BCUT2D eigenvalue weighted by Gasteiger charge is -2.26. The van der Waals surface area contributed by atoms with Gasteiger partial charge in [-0.1, -0.05) is 6.58 Å². The zero-order valence-electron chi connectivity index (χ0n) is 6.93. The summed E-state index contributed by atoms with van der Waals surface area (Å²) in [6, 6.07) is 0. The molecule has 0 unspecified atom stereocenters. The van der Waals surface area contributed by atoms with Crippen LogP contribution in [-0.4, -0.2) is 31.9 Å². The van der Waals surface area contributed by atoms with Crippen molar-refractivity contribution in [3.8, 4) is 0 Å². The maximum atomic E-state index is 5.03. The van der Waals surface area contributed by atoms with E-state index in [1.807, 2.05) is 0 Å². The minimum atomic E-state index is 0. The minimum absolute atomic E-state index is 0. The molecule has 0 saturated heterocycles. The Hall–Kier alpha value is -0.210. The van der Waals surface area contributed by atoms with Crippen molar-refractivity contribution in [2.45, 2.75) is 6.92 Å². The summed E-state index contributed by atoms with van der Waals surface area (Å²) in [4.78, 5) is 0. The smallest absolute Gasteiger partial charge is 0.222 e. The molecule has 0 atom stereocenters. The number of nitrogens with zero attached hydrogens (tertiary/aromatic N) is 1. The highest BCUT2D eigenvalue weighted by Gasteiger charge is 2.09. The first kappa shape index (κ1) is 12.5. The largest absolute Gasteiger partial charge is 1.00 e. The Kier molecular flexibility index (Phi) is 6.94. The molecular weight excluding hydrogens is 150 g/mol. The van der Waals surface area contributed by atoms with E-state index in [1.54, 1.807) is 0 Å². The molecule has 0 spiro atoms. The van der Waals surface area contributed by atoms with Crippen molar-refractivity contribution in [2.24, 2.45) is 0 Å². The van der Waals surface area contributed by atoms with Gasteiger partial charge in [0, 0.05) is 0 Å². The van der Waals surface area contributed by atoms with Crippen LogP contribution < -0.4 is 12.4 Å². The molecule has 0 amide bonds. The molecule has 3 heteroatoms. The van der Waals surface area contributed by atoms with E-state index in [1.165, 1.54) is 6.26 Å². The van der Waals surface area contributed by atoms with Crippen LogP contribution in [0.3, 0.4) is 0 Å². The average molecular weight is 166 g/mol. The summed E-state index contributed by atoms with van der Waals surface area (Å²) in [6.07, 6.45) is 1.48. The standard InChI is InChI=1S/C7H16NO.ClH/c1-5-8(3,4)7-9-6-2;/h6H,2,5,7H2,1,3-4H3;1H/q+1;/p-1. The zero-order chi connectivity index (χ0) is 7.33. The molecule has 2 nitrogen and oxygen atoms in total. The number of rotatable bonds is 4. The fourth-order valence-corrected chi connectivity index (χ4v) is 0.346. The Bertz CT molecular complexity index is 93.6. The molecule has 0 aromatic heterocycles. The van der Waals surface area contributed by atoms with Gasteiger partial charge in [-0.3, -0.25) is 4.48 Å². The highest BCUT2D eigenvalue weighted by atomic mass is 35.5. The van der Waals surface area contributed by atoms with Gasteiger partial charge in [-0.2, -0.15) is 0 Å². The fraction of sp³-hybridized carbons (Fsp3) is 0.714. The minimum Gasteiger partial charge on any atom is -1.00 e. The van der Waals surface area contributed by atoms with Gasteiger partial charge in [-0.25, -0.2) is 0 Å². The normalized spacial score (nSPS) is 9.90. The third-order valence-electron chi connectivity index (χ3n) is 1.40. The van der Waals surface area contributed by atoms with E-state index in [0.717, 1.165) is 11.0 Å². The molecule has 10 heavy (non-hydrogen) atoms. The van der Waals surface area contributed by atoms with Gasteiger partial charge in [0.1, 0.15) is 0 Å². The third kappa shape index (κ3) is 5.92. The van der Waals surface area contributed by atoms with Gasteiger partial charge in [0.05, 0.1) is 26.9 Å². The first-order valence-corrected chi connectivity index (χ1v) is 3.17.